The molecule has 2 aromatic carbocycles. The first-order valence-corrected chi connectivity index (χ1v) is 9.24. The van der Waals surface area contributed by atoms with Gasteiger partial charge in [0.2, 0.25) is 0 Å². The third-order valence-corrected chi connectivity index (χ3v) is 4.77. The minimum Gasteiger partial charge on any atom is -0.493 e. The molecule has 136 valence electrons. The van der Waals surface area contributed by atoms with Gasteiger partial charge in [0.25, 0.3) is 0 Å². The van der Waals surface area contributed by atoms with E-state index in [4.69, 9.17) is 21.1 Å². The van der Waals surface area contributed by atoms with Crippen LogP contribution in [0, 0.1) is 0 Å². The Hall–Kier alpha value is -2.89. The second-order valence-electron chi connectivity index (χ2n) is 5.48. The highest BCUT2D eigenvalue weighted by Crippen LogP contribution is 2.29. The highest BCUT2D eigenvalue weighted by molar-refractivity contribution is 7.12. The maximum atomic E-state index is 12.2. The maximum Gasteiger partial charge on any atom is 0.353 e. The fourth-order valence-electron chi connectivity index (χ4n) is 2.30. The van der Waals surface area contributed by atoms with Gasteiger partial charge < -0.3 is 9.47 Å². The van der Waals surface area contributed by atoms with E-state index >= 15 is 0 Å². The molecule has 0 spiro atoms. The van der Waals surface area contributed by atoms with E-state index in [1.165, 1.54) is 24.5 Å². The number of allylic oxidation sites excluding steroid dienone is 1. The summed E-state index contributed by atoms with van der Waals surface area (Å²) in [6.45, 7) is 0. The van der Waals surface area contributed by atoms with Crippen molar-refractivity contribution in [2.75, 3.05) is 7.11 Å². The summed E-state index contributed by atoms with van der Waals surface area (Å²) in [6.07, 6.45) is 3.14. The fraction of sp³-hybridized carbons (Fsp3) is 0.0476. The molecule has 1 aromatic heterocycles. The van der Waals surface area contributed by atoms with Crippen molar-refractivity contribution in [2.24, 2.45) is 0 Å². The molecule has 3 rings (SSSR count). The number of halogens is 1. The Bertz CT molecular complexity index is 976. The Morgan fingerprint density at radius 2 is 1.81 bits per heavy atom. The van der Waals surface area contributed by atoms with Crippen LogP contribution in [0.3, 0.4) is 0 Å². The first-order valence-electron chi connectivity index (χ1n) is 7.98. The molecule has 0 atom stereocenters. The Morgan fingerprint density at radius 3 is 2.48 bits per heavy atom. The summed E-state index contributed by atoms with van der Waals surface area (Å²) in [5, 5.41) is 2.38. The molecule has 0 fully saturated rings. The predicted octanol–water partition coefficient (Wildman–Crippen LogP) is 5.53. The summed E-state index contributed by atoms with van der Waals surface area (Å²) in [5.74, 6) is 0.140. The van der Waals surface area contributed by atoms with E-state index in [1.54, 1.807) is 66.1 Å². The summed E-state index contributed by atoms with van der Waals surface area (Å²) in [6, 6.07) is 15.2. The van der Waals surface area contributed by atoms with E-state index in [0.29, 0.717) is 27.0 Å². The van der Waals surface area contributed by atoms with E-state index in [-0.39, 0.29) is 5.78 Å². The lowest BCUT2D eigenvalue weighted by Crippen LogP contribution is -2.07. The number of thiophene rings is 1. The van der Waals surface area contributed by atoms with Crippen molar-refractivity contribution in [1.82, 2.24) is 0 Å². The lowest BCUT2D eigenvalue weighted by molar-refractivity contribution is 0.0734. The molecule has 0 saturated carbocycles. The number of hydrogen-bond donors (Lipinski definition) is 0. The largest absolute Gasteiger partial charge is 0.493 e. The number of ketones is 1. The zero-order valence-corrected chi connectivity index (χ0v) is 15.9. The highest BCUT2D eigenvalue weighted by Gasteiger charge is 2.13. The number of esters is 1. The normalized spacial score (nSPS) is 10.7. The second-order valence-corrected chi connectivity index (χ2v) is 6.87. The van der Waals surface area contributed by atoms with Crippen LogP contribution in [-0.2, 0) is 0 Å². The van der Waals surface area contributed by atoms with Crippen molar-refractivity contribution in [2.45, 2.75) is 0 Å². The Balaban J connectivity index is 1.74. The lowest BCUT2D eigenvalue weighted by Gasteiger charge is -2.09. The van der Waals surface area contributed by atoms with Gasteiger partial charge in [-0.1, -0.05) is 29.8 Å². The SMILES string of the molecule is COc1cc(/C=C/C(=O)c2ccc(Cl)cc2)ccc1OC(=O)c1cccs1. The van der Waals surface area contributed by atoms with Crippen molar-refractivity contribution >= 4 is 40.8 Å². The molecule has 0 aliphatic heterocycles. The van der Waals surface area contributed by atoms with Crippen molar-refractivity contribution < 1.29 is 19.1 Å². The maximum absolute atomic E-state index is 12.2. The molecule has 0 aliphatic carbocycles. The number of benzene rings is 2. The average Bonchev–Trinajstić information content (AvgIpc) is 3.22. The molecule has 6 heteroatoms. The number of carbonyl (C=O) groups is 2. The third-order valence-electron chi connectivity index (χ3n) is 3.67. The van der Waals surface area contributed by atoms with E-state index in [1.807, 2.05) is 0 Å². The molecular formula is C21H15ClO4S. The van der Waals surface area contributed by atoms with E-state index in [2.05, 4.69) is 0 Å². The zero-order valence-electron chi connectivity index (χ0n) is 14.3. The molecule has 0 aliphatic rings. The topological polar surface area (TPSA) is 52.6 Å². The zero-order chi connectivity index (χ0) is 19.2. The Kier molecular flexibility index (Phi) is 6.06. The molecule has 0 saturated heterocycles. The third kappa shape index (κ3) is 4.84. The summed E-state index contributed by atoms with van der Waals surface area (Å²) in [5.41, 5.74) is 1.29. The minimum absolute atomic E-state index is 0.140. The van der Waals surface area contributed by atoms with Crippen molar-refractivity contribution in [1.29, 1.82) is 0 Å². The van der Waals surface area contributed by atoms with Gasteiger partial charge >= 0.3 is 5.97 Å². The highest BCUT2D eigenvalue weighted by atomic mass is 35.5. The van der Waals surface area contributed by atoms with E-state index < -0.39 is 5.97 Å². The van der Waals surface area contributed by atoms with Crippen molar-refractivity contribution in [3.05, 3.63) is 87.1 Å². The van der Waals surface area contributed by atoms with E-state index in [0.717, 1.165) is 5.56 Å². The number of rotatable bonds is 6. The van der Waals surface area contributed by atoms with E-state index in [9.17, 15) is 9.59 Å². The van der Waals surface area contributed by atoms with Crippen LogP contribution in [0.15, 0.2) is 66.1 Å². The number of ether oxygens (including phenoxy) is 2. The van der Waals surface area contributed by atoms with Crippen LogP contribution in [0.2, 0.25) is 5.02 Å². The molecule has 0 radical (unpaired) electrons. The smallest absolute Gasteiger partial charge is 0.353 e. The predicted molar refractivity (Wildman–Crippen MR) is 107 cm³/mol. The summed E-state index contributed by atoms with van der Waals surface area (Å²) in [4.78, 5) is 24.8. The fourth-order valence-corrected chi connectivity index (χ4v) is 3.02. The minimum atomic E-state index is -0.440. The number of methoxy groups -OCH3 is 1. The van der Waals surface area contributed by atoms with Crippen LogP contribution in [0.1, 0.15) is 25.6 Å². The Labute approximate surface area is 165 Å². The quantitative estimate of drug-likeness (QED) is 0.237. The molecule has 0 unspecified atom stereocenters. The lowest BCUT2D eigenvalue weighted by atomic mass is 10.1. The van der Waals surface area contributed by atoms with Crippen LogP contribution in [0.5, 0.6) is 11.5 Å². The molecular weight excluding hydrogens is 384 g/mol. The van der Waals surface area contributed by atoms with Crippen LogP contribution in [0.25, 0.3) is 6.08 Å². The van der Waals surface area contributed by atoms with Crippen molar-refractivity contribution in [3.8, 4) is 11.5 Å². The number of hydrogen-bond acceptors (Lipinski definition) is 5. The molecule has 0 bridgehead atoms. The molecule has 4 nitrogen and oxygen atoms in total. The van der Waals surface area contributed by atoms with Crippen LogP contribution in [-0.4, -0.2) is 18.9 Å². The number of carbonyl (C=O) groups excluding carboxylic acids is 2. The van der Waals surface area contributed by atoms with Crippen LogP contribution in [0.4, 0.5) is 0 Å². The first kappa shape index (κ1) is 18.9. The van der Waals surface area contributed by atoms with Gasteiger partial charge in [-0.05, 0) is 59.5 Å². The molecule has 3 aromatic rings. The van der Waals surface area contributed by atoms with Gasteiger partial charge in [0.15, 0.2) is 17.3 Å². The van der Waals surface area contributed by atoms with Gasteiger partial charge in [0.1, 0.15) is 4.88 Å². The second kappa shape index (κ2) is 8.66. The van der Waals surface area contributed by atoms with Gasteiger partial charge in [-0.2, -0.15) is 0 Å². The molecule has 27 heavy (non-hydrogen) atoms. The standard InChI is InChI=1S/C21H15ClO4S/c1-25-19-13-14(4-10-17(23)15-6-8-16(22)9-7-15)5-11-18(19)26-21(24)20-3-2-12-27-20/h2-13H,1H3/b10-4+. The molecule has 0 N–H and O–H groups in total. The van der Waals surface area contributed by atoms with Gasteiger partial charge in [-0.25, -0.2) is 4.79 Å². The van der Waals surface area contributed by atoms with Gasteiger partial charge in [-0.3, -0.25) is 4.79 Å². The summed E-state index contributed by atoms with van der Waals surface area (Å²) >= 11 is 7.13. The van der Waals surface area contributed by atoms with Gasteiger partial charge in [0, 0.05) is 10.6 Å². The van der Waals surface area contributed by atoms with Gasteiger partial charge in [0.05, 0.1) is 7.11 Å². The molecule has 0 amide bonds. The first-order chi connectivity index (χ1) is 13.1. The average molecular weight is 399 g/mol. The van der Waals surface area contributed by atoms with Crippen LogP contribution < -0.4 is 9.47 Å². The Morgan fingerprint density at radius 1 is 1.04 bits per heavy atom. The van der Waals surface area contributed by atoms with Crippen molar-refractivity contribution in [3.63, 3.8) is 0 Å². The van der Waals surface area contributed by atoms with Gasteiger partial charge in [-0.15, -0.1) is 11.3 Å². The summed E-state index contributed by atoms with van der Waals surface area (Å²) in [7, 11) is 1.49. The summed E-state index contributed by atoms with van der Waals surface area (Å²) < 4.78 is 10.7. The van der Waals surface area contributed by atoms with Crippen LogP contribution >= 0.6 is 22.9 Å². The molecule has 1 heterocycles. The monoisotopic (exact) mass is 398 g/mol.